The number of hydrazine groups is 1. The minimum atomic E-state index is -0.436. The molecule has 5 nitrogen and oxygen atoms in total. The molecule has 0 fully saturated rings. The minimum Gasteiger partial charge on any atom is -0.496 e. The Kier molecular flexibility index (Phi) is 5.36. The van der Waals surface area contributed by atoms with Crippen LogP contribution in [0, 0.1) is 0 Å². The summed E-state index contributed by atoms with van der Waals surface area (Å²) in [5.41, 5.74) is 6.78. The Morgan fingerprint density at radius 2 is 1.52 bits per heavy atom. The van der Waals surface area contributed by atoms with Crippen molar-refractivity contribution in [2.45, 2.75) is 19.8 Å². The maximum absolute atomic E-state index is 12.1. The Bertz CT molecular complexity index is 694. The first-order chi connectivity index (χ1) is 11.0. The van der Waals surface area contributed by atoms with E-state index in [0.717, 1.165) is 5.56 Å². The van der Waals surface area contributed by atoms with Gasteiger partial charge in [-0.1, -0.05) is 38.1 Å². The number of hydrogen-bond donors (Lipinski definition) is 2. The molecule has 2 rings (SSSR count). The first-order valence-electron chi connectivity index (χ1n) is 7.36. The number of carbonyl (C=O) groups excluding carboxylic acids is 2. The van der Waals surface area contributed by atoms with Crippen LogP contribution in [0.4, 0.5) is 0 Å². The number of amides is 2. The molecule has 0 saturated carbocycles. The molecule has 0 aliphatic heterocycles. The lowest BCUT2D eigenvalue weighted by Crippen LogP contribution is -2.41. The van der Waals surface area contributed by atoms with Crippen molar-refractivity contribution in [3.63, 3.8) is 0 Å². The van der Waals surface area contributed by atoms with Crippen LogP contribution in [-0.4, -0.2) is 18.9 Å². The fourth-order valence-corrected chi connectivity index (χ4v) is 2.10. The quantitative estimate of drug-likeness (QED) is 0.853. The minimum absolute atomic E-state index is 0.352. The molecule has 0 radical (unpaired) electrons. The summed E-state index contributed by atoms with van der Waals surface area (Å²) in [5, 5.41) is 0. The van der Waals surface area contributed by atoms with Crippen LogP contribution in [-0.2, 0) is 0 Å². The zero-order valence-electron chi connectivity index (χ0n) is 13.4. The molecule has 0 aliphatic carbocycles. The molecule has 5 heteroatoms. The summed E-state index contributed by atoms with van der Waals surface area (Å²) in [7, 11) is 1.49. The lowest BCUT2D eigenvalue weighted by Gasteiger charge is -2.11. The van der Waals surface area contributed by atoms with E-state index in [1.165, 1.54) is 7.11 Å². The van der Waals surface area contributed by atoms with Gasteiger partial charge < -0.3 is 4.74 Å². The predicted octanol–water partition coefficient (Wildman–Crippen LogP) is 2.89. The van der Waals surface area contributed by atoms with E-state index in [9.17, 15) is 9.59 Å². The number of rotatable bonds is 4. The molecule has 0 bridgehead atoms. The number of methoxy groups -OCH3 is 1. The highest BCUT2D eigenvalue weighted by molar-refractivity contribution is 6.00. The third-order valence-electron chi connectivity index (χ3n) is 3.48. The van der Waals surface area contributed by atoms with Gasteiger partial charge in [0.2, 0.25) is 0 Å². The Morgan fingerprint density at radius 1 is 0.913 bits per heavy atom. The van der Waals surface area contributed by atoms with Crippen molar-refractivity contribution in [3.8, 4) is 5.75 Å². The molecule has 0 saturated heterocycles. The van der Waals surface area contributed by atoms with Crippen molar-refractivity contribution >= 4 is 11.8 Å². The SMILES string of the molecule is COc1ccccc1C(=O)NNC(=O)c1ccc(C(C)C)cc1. The largest absolute Gasteiger partial charge is 0.496 e. The molecular weight excluding hydrogens is 292 g/mol. The van der Waals surface area contributed by atoms with Gasteiger partial charge in [0.05, 0.1) is 12.7 Å². The molecule has 0 spiro atoms. The molecule has 2 aromatic rings. The second-order valence-electron chi connectivity index (χ2n) is 5.39. The van der Waals surface area contributed by atoms with Gasteiger partial charge in [-0.2, -0.15) is 0 Å². The second kappa shape index (κ2) is 7.45. The summed E-state index contributed by atoms with van der Waals surface area (Å²) < 4.78 is 5.12. The summed E-state index contributed by atoms with van der Waals surface area (Å²) in [6.45, 7) is 4.17. The smallest absolute Gasteiger partial charge is 0.273 e. The van der Waals surface area contributed by atoms with Gasteiger partial charge in [-0.3, -0.25) is 20.4 Å². The third-order valence-corrected chi connectivity index (χ3v) is 3.48. The van der Waals surface area contributed by atoms with Gasteiger partial charge in [0.1, 0.15) is 5.75 Å². The lowest BCUT2D eigenvalue weighted by molar-refractivity contribution is 0.0845. The van der Waals surface area contributed by atoms with Gasteiger partial charge >= 0.3 is 0 Å². The van der Waals surface area contributed by atoms with Crippen LogP contribution in [0.15, 0.2) is 48.5 Å². The van der Waals surface area contributed by atoms with Crippen LogP contribution < -0.4 is 15.6 Å². The molecule has 0 aromatic heterocycles. The number of nitrogens with one attached hydrogen (secondary N) is 2. The van der Waals surface area contributed by atoms with Crippen LogP contribution in [0.25, 0.3) is 0 Å². The first kappa shape index (κ1) is 16.5. The Balaban J connectivity index is 1.99. The molecule has 120 valence electrons. The number of ether oxygens (including phenoxy) is 1. The van der Waals surface area contributed by atoms with E-state index in [0.29, 0.717) is 22.8 Å². The summed E-state index contributed by atoms with van der Waals surface area (Å²) in [6.07, 6.45) is 0. The summed E-state index contributed by atoms with van der Waals surface area (Å²) in [5.74, 6) is 0.0380. The Morgan fingerprint density at radius 3 is 2.13 bits per heavy atom. The zero-order chi connectivity index (χ0) is 16.8. The molecule has 23 heavy (non-hydrogen) atoms. The van der Waals surface area contributed by atoms with Crippen molar-refractivity contribution in [3.05, 3.63) is 65.2 Å². The number of carbonyl (C=O) groups is 2. The second-order valence-corrected chi connectivity index (χ2v) is 5.39. The van der Waals surface area contributed by atoms with Gasteiger partial charge in [-0.25, -0.2) is 0 Å². The average molecular weight is 312 g/mol. The fraction of sp³-hybridized carbons (Fsp3) is 0.222. The van der Waals surface area contributed by atoms with Gasteiger partial charge in [0, 0.05) is 5.56 Å². The fourth-order valence-electron chi connectivity index (χ4n) is 2.10. The van der Waals surface area contributed by atoms with Crippen LogP contribution in [0.5, 0.6) is 5.75 Å². The summed E-state index contributed by atoms with van der Waals surface area (Å²) >= 11 is 0. The van der Waals surface area contributed by atoms with Crippen LogP contribution >= 0.6 is 0 Å². The molecule has 0 unspecified atom stereocenters. The Hall–Kier alpha value is -2.82. The van der Waals surface area contributed by atoms with Crippen LogP contribution in [0.1, 0.15) is 46.0 Å². The molecule has 2 amide bonds. The monoisotopic (exact) mass is 312 g/mol. The molecule has 0 atom stereocenters. The summed E-state index contributed by atoms with van der Waals surface area (Å²) in [6, 6.07) is 14.1. The highest BCUT2D eigenvalue weighted by Gasteiger charge is 2.13. The van der Waals surface area contributed by atoms with Crippen molar-refractivity contribution in [2.75, 3.05) is 7.11 Å². The number of para-hydroxylation sites is 1. The van der Waals surface area contributed by atoms with E-state index >= 15 is 0 Å². The first-order valence-corrected chi connectivity index (χ1v) is 7.36. The van der Waals surface area contributed by atoms with E-state index in [-0.39, 0.29) is 5.91 Å². The normalized spacial score (nSPS) is 10.3. The van der Waals surface area contributed by atoms with Gasteiger partial charge in [0.15, 0.2) is 0 Å². The van der Waals surface area contributed by atoms with Crippen molar-refractivity contribution < 1.29 is 14.3 Å². The van der Waals surface area contributed by atoms with Gasteiger partial charge in [0.25, 0.3) is 11.8 Å². The number of hydrogen-bond acceptors (Lipinski definition) is 3. The van der Waals surface area contributed by atoms with Crippen LogP contribution in [0.3, 0.4) is 0 Å². The van der Waals surface area contributed by atoms with Gasteiger partial charge in [-0.15, -0.1) is 0 Å². The van der Waals surface area contributed by atoms with E-state index < -0.39 is 5.91 Å². The standard InChI is InChI=1S/C18H20N2O3/c1-12(2)13-8-10-14(11-9-13)17(21)19-20-18(22)15-6-4-5-7-16(15)23-3/h4-12H,1-3H3,(H,19,21)(H,20,22). The third kappa shape index (κ3) is 4.10. The predicted molar refractivity (Wildman–Crippen MR) is 88.5 cm³/mol. The van der Waals surface area contributed by atoms with E-state index in [1.807, 2.05) is 12.1 Å². The lowest BCUT2D eigenvalue weighted by atomic mass is 10.0. The highest BCUT2D eigenvalue weighted by Crippen LogP contribution is 2.17. The van der Waals surface area contributed by atoms with E-state index in [1.54, 1.807) is 36.4 Å². The van der Waals surface area contributed by atoms with Crippen molar-refractivity contribution in [2.24, 2.45) is 0 Å². The molecule has 2 N–H and O–H groups in total. The molecule has 2 aromatic carbocycles. The van der Waals surface area contributed by atoms with Gasteiger partial charge in [-0.05, 0) is 35.7 Å². The molecular formula is C18H20N2O3. The van der Waals surface area contributed by atoms with Crippen molar-refractivity contribution in [1.29, 1.82) is 0 Å². The highest BCUT2D eigenvalue weighted by atomic mass is 16.5. The maximum atomic E-state index is 12.1. The molecule has 0 heterocycles. The zero-order valence-corrected chi connectivity index (χ0v) is 13.4. The summed E-state index contributed by atoms with van der Waals surface area (Å²) in [4.78, 5) is 24.2. The average Bonchev–Trinajstić information content (AvgIpc) is 2.59. The topological polar surface area (TPSA) is 67.4 Å². The Labute approximate surface area is 135 Å². The van der Waals surface area contributed by atoms with Crippen LogP contribution in [0.2, 0.25) is 0 Å². The maximum Gasteiger partial charge on any atom is 0.273 e. The van der Waals surface area contributed by atoms with E-state index in [2.05, 4.69) is 24.7 Å². The van der Waals surface area contributed by atoms with E-state index in [4.69, 9.17) is 4.74 Å². The molecule has 0 aliphatic rings. The van der Waals surface area contributed by atoms with Crippen molar-refractivity contribution in [1.82, 2.24) is 10.9 Å². The number of benzene rings is 2.